The molecule has 0 radical (unpaired) electrons. The highest BCUT2D eigenvalue weighted by atomic mass is 16.5. The number of hydrogen-bond acceptors (Lipinski definition) is 2. The highest BCUT2D eigenvalue weighted by molar-refractivity contribution is 5.76. The molecule has 4 nitrogen and oxygen atoms in total. The summed E-state index contributed by atoms with van der Waals surface area (Å²) in [6.07, 6.45) is 0. The van der Waals surface area contributed by atoms with Crippen LogP contribution in [0.25, 0.3) is 0 Å². The van der Waals surface area contributed by atoms with Gasteiger partial charge in [0.25, 0.3) is 5.91 Å². The zero-order chi connectivity index (χ0) is 16.7. The number of carbonyl (C=O) groups excluding carboxylic acids is 1. The quantitative estimate of drug-likeness (QED) is 0.810. The Morgan fingerprint density at radius 3 is 2.52 bits per heavy atom. The van der Waals surface area contributed by atoms with E-state index >= 15 is 0 Å². The average Bonchev–Trinajstić information content (AvgIpc) is 2.55. The minimum atomic E-state index is 0.0421. The SMILES string of the molecule is COc1ccccc1CNC(=O)C[NH+](C)Cc1ccc(C)cc1. The first-order valence-electron chi connectivity index (χ1n) is 7.84. The van der Waals surface area contributed by atoms with E-state index in [4.69, 9.17) is 4.74 Å². The Kier molecular flexibility index (Phi) is 6.18. The maximum Gasteiger partial charge on any atom is 0.275 e. The number of rotatable bonds is 7. The largest absolute Gasteiger partial charge is 0.496 e. The van der Waals surface area contributed by atoms with Gasteiger partial charge >= 0.3 is 0 Å². The molecule has 2 rings (SSSR count). The summed E-state index contributed by atoms with van der Waals surface area (Å²) in [5.74, 6) is 0.841. The molecule has 2 aromatic carbocycles. The van der Waals surface area contributed by atoms with E-state index in [0.717, 1.165) is 22.8 Å². The van der Waals surface area contributed by atoms with Gasteiger partial charge in [0.15, 0.2) is 6.54 Å². The van der Waals surface area contributed by atoms with E-state index in [1.54, 1.807) is 7.11 Å². The van der Waals surface area contributed by atoms with E-state index in [0.29, 0.717) is 13.1 Å². The molecule has 1 unspecified atom stereocenters. The van der Waals surface area contributed by atoms with Crippen LogP contribution in [-0.2, 0) is 17.9 Å². The van der Waals surface area contributed by atoms with Gasteiger partial charge in [0.1, 0.15) is 12.3 Å². The zero-order valence-corrected chi connectivity index (χ0v) is 14.1. The van der Waals surface area contributed by atoms with E-state index in [2.05, 4.69) is 36.5 Å². The maximum absolute atomic E-state index is 12.1. The monoisotopic (exact) mass is 313 g/mol. The maximum atomic E-state index is 12.1. The second-order valence-corrected chi connectivity index (χ2v) is 5.88. The minimum Gasteiger partial charge on any atom is -0.496 e. The van der Waals surface area contributed by atoms with Crippen molar-refractivity contribution in [1.29, 1.82) is 0 Å². The van der Waals surface area contributed by atoms with Crippen LogP contribution < -0.4 is 15.0 Å². The zero-order valence-electron chi connectivity index (χ0n) is 14.1. The summed E-state index contributed by atoms with van der Waals surface area (Å²) in [5, 5.41) is 2.96. The molecule has 0 saturated heterocycles. The molecular formula is C19H25N2O2+. The van der Waals surface area contributed by atoms with Crippen molar-refractivity contribution < 1.29 is 14.4 Å². The van der Waals surface area contributed by atoms with Crippen LogP contribution in [0.3, 0.4) is 0 Å². The highest BCUT2D eigenvalue weighted by Gasteiger charge is 2.11. The van der Waals surface area contributed by atoms with Crippen molar-refractivity contribution in [3.63, 3.8) is 0 Å². The fourth-order valence-electron chi connectivity index (χ4n) is 2.50. The summed E-state index contributed by atoms with van der Waals surface area (Å²) >= 11 is 0. The summed E-state index contributed by atoms with van der Waals surface area (Å²) in [6.45, 7) is 3.84. The summed E-state index contributed by atoms with van der Waals surface area (Å²) < 4.78 is 5.29. The molecule has 0 heterocycles. The number of quaternary nitrogens is 1. The molecule has 0 bridgehead atoms. The molecule has 122 valence electrons. The number of amides is 1. The van der Waals surface area contributed by atoms with Crippen LogP contribution in [0.5, 0.6) is 5.75 Å². The predicted octanol–water partition coefficient (Wildman–Crippen LogP) is 1.33. The van der Waals surface area contributed by atoms with Crippen LogP contribution >= 0.6 is 0 Å². The number of hydrogen-bond donors (Lipinski definition) is 2. The van der Waals surface area contributed by atoms with Gasteiger partial charge in [-0.3, -0.25) is 4.79 Å². The lowest BCUT2D eigenvalue weighted by Gasteiger charge is -2.14. The van der Waals surface area contributed by atoms with Crippen LogP contribution in [0, 0.1) is 6.92 Å². The predicted molar refractivity (Wildman–Crippen MR) is 91.5 cm³/mol. The summed E-state index contributed by atoms with van der Waals surface area (Å²) in [4.78, 5) is 13.3. The van der Waals surface area contributed by atoms with Gasteiger partial charge in [0, 0.05) is 17.7 Å². The van der Waals surface area contributed by atoms with E-state index in [9.17, 15) is 4.79 Å². The van der Waals surface area contributed by atoms with Crippen LogP contribution in [-0.4, -0.2) is 26.6 Å². The van der Waals surface area contributed by atoms with Crippen LogP contribution in [0.4, 0.5) is 0 Å². The molecule has 0 aliphatic rings. The first-order chi connectivity index (χ1) is 11.1. The second kappa shape index (κ2) is 8.34. The highest BCUT2D eigenvalue weighted by Crippen LogP contribution is 2.16. The smallest absolute Gasteiger partial charge is 0.275 e. The number of benzene rings is 2. The van der Waals surface area contributed by atoms with Gasteiger partial charge in [-0.2, -0.15) is 0 Å². The van der Waals surface area contributed by atoms with Crippen molar-refractivity contribution in [2.45, 2.75) is 20.0 Å². The normalized spacial score (nSPS) is 11.8. The third kappa shape index (κ3) is 5.42. The molecule has 4 heteroatoms. The van der Waals surface area contributed by atoms with Crippen LogP contribution in [0.2, 0.25) is 0 Å². The average molecular weight is 313 g/mol. The number of nitrogens with one attached hydrogen (secondary N) is 2. The lowest BCUT2D eigenvalue weighted by atomic mass is 10.1. The first-order valence-corrected chi connectivity index (χ1v) is 7.84. The Balaban J connectivity index is 1.81. The topological polar surface area (TPSA) is 42.8 Å². The third-order valence-corrected chi connectivity index (χ3v) is 3.76. The number of likely N-dealkylation sites (N-methyl/N-ethyl adjacent to an activating group) is 1. The van der Waals surface area contributed by atoms with Gasteiger partial charge in [-0.15, -0.1) is 0 Å². The van der Waals surface area contributed by atoms with Gasteiger partial charge in [-0.25, -0.2) is 0 Å². The van der Waals surface area contributed by atoms with Gasteiger partial charge in [0.05, 0.1) is 14.2 Å². The summed E-state index contributed by atoms with van der Waals surface area (Å²) in [5.41, 5.74) is 3.48. The molecule has 1 amide bonds. The van der Waals surface area contributed by atoms with Gasteiger partial charge in [-0.05, 0) is 13.0 Å². The van der Waals surface area contributed by atoms with E-state index < -0.39 is 0 Å². The van der Waals surface area contributed by atoms with E-state index in [1.807, 2.05) is 31.3 Å². The molecule has 23 heavy (non-hydrogen) atoms. The van der Waals surface area contributed by atoms with Crippen LogP contribution in [0.15, 0.2) is 48.5 Å². The lowest BCUT2D eigenvalue weighted by molar-refractivity contribution is -0.885. The number of para-hydroxylation sites is 1. The minimum absolute atomic E-state index is 0.0421. The standard InChI is InChI=1S/C19H24N2O2/c1-15-8-10-16(11-9-15)13-21(2)14-19(22)20-12-17-6-4-5-7-18(17)23-3/h4-11H,12-14H2,1-3H3,(H,20,22)/p+1. The van der Waals surface area contributed by atoms with Crippen LogP contribution in [0.1, 0.15) is 16.7 Å². The summed E-state index contributed by atoms with van der Waals surface area (Å²) in [6, 6.07) is 16.2. The molecule has 1 atom stereocenters. The van der Waals surface area contributed by atoms with Crippen molar-refractivity contribution in [3.05, 3.63) is 65.2 Å². The van der Waals surface area contributed by atoms with Crippen molar-refractivity contribution in [3.8, 4) is 5.75 Å². The van der Waals surface area contributed by atoms with Crippen molar-refractivity contribution in [2.75, 3.05) is 20.7 Å². The fourth-order valence-corrected chi connectivity index (χ4v) is 2.50. The molecule has 2 aromatic rings. The van der Waals surface area contributed by atoms with Crippen molar-refractivity contribution in [2.24, 2.45) is 0 Å². The Hall–Kier alpha value is -2.33. The van der Waals surface area contributed by atoms with E-state index in [-0.39, 0.29) is 5.91 Å². The molecular weight excluding hydrogens is 288 g/mol. The molecule has 0 saturated carbocycles. The molecule has 0 aliphatic carbocycles. The number of methoxy groups -OCH3 is 1. The Labute approximate surface area is 138 Å². The third-order valence-electron chi connectivity index (χ3n) is 3.76. The molecule has 0 aliphatic heterocycles. The van der Waals surface area contributed by atoms with Gasteiger partial charge in [0.2, 0.25) is 0 Å². The fraction of sp³-hybridized carbons (Fsp3) is 0.316. The number of ether oxygens (including phenoxy) is 1. The van der Waals surface area contributed by atoms with Crippen molar-refractivity contribution >= 4 is 5.91 Å². The van der Waals surface area contributed by atoms with Gasteiger partial charge < -0.3 is 15.0 Å². The molecule has 0 spiro atoms. The Bertz CT molecular complexity index is 638. The van der Waals surface area contributed by atoms with Crippen molar-refractivity contribution in [1.82, 2.24) is 5.32 Å². The summed E-state index contributed by atoms with van der Waals surface area (Å²) in [7, 11) is 3.67. The molecule has 2 N–H and O–H groups in total. The Morgan fingerprint density at radius 2 is 1.83 bits per heavy atom. The number of carbonyl (C=O) groups is 1. The second-order valence-electron chi connectivity index (χ2n) is 5.88. The lowest BCUT2D eigenvalue weighted by Crippen LogP contribution is -3.08. The first kappa shape index (κ1) is 17.0. The Morgan fingerprint density at radius 1 is 1.13 bits per heavy atom. The number of aryl methyl sites for hydroxylation is 1. The van der Waals surface area contributed by atoms with E-state index in [1.165, 1.54) is 11.1 Å². The molecule has 0 fully saturated rings. The van der Waals surface area contributed by atoms with Gasteiger partial charge in [-0.1, -0.05) is 48.0 Å². The molecule has 0 aromatic heterocycles.